The number of aliphatic hydroxyl groups is 2. The summed E-state index contributed by atoms with van der Waals surface area (Å²) in [6, 6.07) is 4.41. The van der Waals surface area contributed by atoms with E-state index < -0.39 is 31.0 Å². The van der Waals surface area contributed by atoms with Gasteiger partial charge in [-0.3, -0.25) is 0 Å². The third-order valence-electron chi connectivity index (χ3n) is 10.5. The lowest BCUT2D eigenvalue weighted by molar-refractivity contribution is 0.0323. The van der Waals surface area contributed by atoms with E-state index in [-0.39, 0.29) is 13.2 Å². The molecular formula is C37H60B2O7S2. The normalized spacial score (nSPS) is 26.8. The lowest BCUT2D eigenvalue weighted by Gasteiger charge is -2.39. The minimum Gasteiger partial charge on any atom is -0.481 e. The van der Waals surface area contributed by atoms with Crippen LogP contribution in [0.15, 0.2) is 12.1 Å². The summed E-state index contributed by atoms with van der Waals surface area (Å²) in [4.78, 5) is 2.31. The van der Waals surface area contributed by atoms with Crippen molar-refractivity contribution in [2.75, 3.05) is 26.4 Å². The van der Waals surface area contributed by atoms with E-state index in [1.807, 2.05) is 13.8 Å². The fourth-order valence-electron chi connectivity index (χ4n) is 7.14. The highest BCUT2D eigenvalue weighted by molar-refractivity contribution is 7.31. The molecule has 2 aromatic heterocycles. The van der Waals surface area contributed by atoms with Crippen LogP contribution < -0.4 is 14.3 Å². The van der Waals surface area contributed by atoms with Gasteiger partial charge in [0.2, 0.25) is 0 Å². The second kappa shape index (κ2) is 16.2. The average Bonchev–Trinajstić information content (AvgIpc) is 3.84. The zero-order valence-corrected chi connectivity index (χ0v) is 32.4. The fourth-order valence-corrected chi connectivity index (χ4v) is 9.58. The quantitative estimate of drug-likeness (QED) is 0.155. The molecule has 3 aliphatic rings. The second-order valence-electron chi connectivity index (χ2n) is 16.5. The van der Waals surface area contributed by atoms with Crippen LogP contribution in [-0.4, -0.2) is 62.1 Å². The van der Waals surface area contributed by atoms with Crippen molar-refractivity contribution in [3.05, 3.63) is 17.7 Å². The molecule has 0 aromatic carbocycles. The van der Waals surface area contributed by atoms with Gasteiger partial charge >= 0.3 is 14.2 Å². The molecule has 2 saturated heterocycles. The monoisotopic (exact) mass is 702 g/mol. The van der Waals surface area contributed by atoms with Crippen LogP contribution in [0.4, 0.5) is 0 Å². The average molecular weight is 703 g/mol. The van der Waals surface area contributed by atoms with E-state index in [0.717, 1.165) is 57.7 Å². The van der Waals surface area contributed by atoms with Crippen molar-refractivity contribution in [3.63, 3.8) is 0 Å². The molecule has 3 aliphatic heterocycles. The molecule has 2 N–H and O–H groups in total. The smallest absolute Gasteiger partial charge is 0.481 e. The van der Waals surface area contributed by atoms with E-state index >= 15 is 0 Å². The molecule has 2 aromatic rings. The van der Waals surface area contributed by atoms with Gasteiger partial charge in [0.15, 0.2) is 0 Å². The Morgan fingerprint density at radius 1 is 0.688 bits per heavy atom. The number of thiophene rings is 2. The third kappa shape index (κ3) is 9.11. The summed E-state index contributed by atoms with van der Waals surface area (Å²) < 4.78 is 34.0. The molecule has 0 aliphatic carbocycles. The zero-order valence-electron chi connectivity index (χ0n) is 30.8. The van der Waals surface area contributed by atoms with Crippen LogP contribution in [0.2, 0.25) is 0 Å². The lowest BCUT2D eigenvalue weighted by Crippen LogP contribution is -2.38. The molecule has 5 heterocycles. The first-order valence-electron chi connectivity index (χ1n) is 18.6. The predicted molar refractivity (Wildman–Crippen MR) is 200 cm³/mol. The van der Waals surface area contributed by atoms with Gasteiger partial charge in [-0.2, -0.15) is 0 Å². The van der Waals surface area contributed by atoms with E-state index in [9.17, 15) is 10.2 Å². The van der Waals surface area contributed by atoms with Crippen molar-refractivity contribution >= 4 is 46.5 Å². The van der Waals surface area contributed by atoms with Crippen molar-refractivity contribution in [1.82, 2.24) is 0 Å². The van der Waals surface area contributed by atoms with Gasteiger partial charge in [0.25, 0.3) is 0 Å². The largest absolute Gasteiger partial charge is 0.505 e. The van der Waals surface area contributed by atoms with Gasteiger partial charge in [-0.25, -0.2) is 0 Å². The highest BCUT2D eigenvalue weighted by Crippen LogP contribution is 2.54. The summed E-state index contributed by atoms with van der Waals surface area (Å²) in [5, 5.41) is 19.9. The molecule has 0 bridgehead atoms. The van der Waals surface area contributed by atoms with Crippen LogP contribution in [0.1, 0.15) is 125 Å². The van der Waals surface area contributed by atoms with Gasteiger partial charge in [0, 0.05) is 15.1 Å². The summed E-state index contributed by atoms with van der Waals surface area (Å²) in [6.07, 6.45) is 11.6. The van der Waals surface area contributed by atoms with E-state index in [2.05, 4.69) is 53.7 Å². The van der Waals surface area contributed by atoms with E-state index in [4.69, 9.17) is 23.4 Å². The highest BCUT2D eigenvalue weighted by atomic mass is 32.1. The van der Waals surface area contributed by atoms with Gasteiger partial charge < -0.3 is 33.6 Å². The first-order valence-corrected chi connectivity index (χ1v) is 20.2. The number of hydrogen-bond acceptors (Lipinski definition) is 9. The summed E-state index contributed by atoms with van der Waals surface area (Å²) in [5.74, 6) is 3.58. The Morgan fingerprint density at radius 3 is 1.62 bits per heavy atom. The van der Waals surface area contributed by atoms with Crippen molar-refractivity contribution < 1.29 is 33.6 Å². The molecule has 0 radical (unpaired) electrons. The van der Waals surface area contributed by atoms with E-state index in [0.29, 0.717) is 25.0 Å². The van der Waals surface area contributed by atoms with Crippen LogP contribution >= 0.6 is 22.7 Å². The van der Waals surface area contributed by atoms with Crippen LogP contribution in [-0.2, 0) is 24.2 Å². The topological polar surface area (TPSA) is 86.6 Å². The first kappa shape index (κ1) is 38.3. The first-order chi connectivity index (χ1) is 22.8. The fraction of sp³-hybridized carbons (Fsp3) is 0.784. The lowest BCUT2D eigenvalue weighted by atomic mass is 9.77. The van der Waals surface area contributed by atoms with Crippen LogP contribution in [0.5, 0.6) is 5.75 Å². The van der Waals surface area contributed by atoms with Gasteiger partial charge in [-0.15, -0.1) is 22.7 Å². The maximum Gasteiger partial charge on any atom is 0.505 e. The molecular weight excluding hydrogens is 642 g/mol. The Kier molecular flexibility index (Phi) is 12.9. The Morgan fingerprint density at radius 2 is 1.17 bits per heavy atom. The number of ether oxygens (including phenoxy) is 1. The van der Waals surface area contributed by atoms with Gasteiger partial charge in [0.05, 0.1) is 47.4 Å². The van der Waals surface area contributed by atoms with Crippen molar-refractivity contribution in [2.24, 2.45) is 23.7 Å². The molecule has 5 rings (SSSR count). The molecule has 48 heavy (non-hydrogen) atoms. The molecule has 0 spiro atoms. The minimum absolute atomic E-state index is 0.0857. The number of rotatable bonds is 18. The molecule has 11 heteroatoms. The predicted octanol–water partition coefficient (Wildman–Crippen LogP) is 7.54. The standard InChI is InChI=1S/C37H60B2O7S2/c1-25(2)11-9-13-27(5)15-17-37(18-16-28(6)14-10-12-26(3)4)29-19-31(38-42-23-35(7,21-40)45-38)47-33(29)34-30(44-37)20-32(48-34)39-43-24-36(8,22-41)46-39/h19-20,25-28,40-41H,9-18,21-24H2,1-8H3. The minimum atomic E-state index is -0.713. The SMILES string of the molecule is CC(C)CCCC(C)CCC1(CCC(C)CCCC(C)C)Oc2cc(B3OCC(C)(CO)O3)sc2-c2sc(B3OCC(C)(CO)O3)cc21. The molecule has 0 amide bonds. The summed E-state index contributed by atoms with van der Waals surface area (Å²) in [5.41, 5.74) is -0.651. The number of hydrogen-bond donors (Lipinski definition) is 2. The van der Waals surface area contributed by atoms with Gasteiger partial charge in [-0.05, 0) is 75.3 Å². The zero-order chi connectivity index (χ0) is 34.7. The Balaban J connectivity index is 1.48. The molecule has 4 unspecified atom stereocenters. The van der Waals surface area contributed by atoms with Crippen molar-refractivity contribution in [2.45, 2.75) is 136 Å². The summed E-state index contributed by atoms with van der Waals surface area (Å²) >= 11 is 3.38. The maximum absolute atomic E-state index is 9.99. The molecule has 0 saturated carbocycles. The molecule has 4 atom stereocenters. The number of aliphatic hydroxyl groups excluding tert-OH is 2. The highest BCUT2D eigenvalue weighted by Gasteiger charge is 2.49. The van der Waals surface area contributed by atoms with Crippen LogP contribution in [0, 0.1) is 23.7 Å². The molecule has 2 fully saturated rings. The third-order valence-corrected chi connectivity index (χ3v) is 13.0. The van der Waals surface area contributed by atoms with Gasteiger partial charge in [-0.1, -0.05) is 80.1 Å². The molecule has 268 valence electrons. The Bertz CT molecular complexity index is 1310. The van der Waals surface area contributed by atoms with Crippen LogP contribution in [0.3, 0.4) is 0 Å². The number of fused-ring (bicyclic) bond motifs is 3. The van der Waals surface area contributed by atoms with Gasteiger partial charge in [0.1, 0.15) is 11.4 Å². The summed E-state index contributed by atoms with van der Waals surface area (Å²) in [6.45, 7) is 18.4. The second-order valence-corrected chi connectivity index (χ2v) is 18.7. The van der Waals surface area contributed by atoms with Crippen LogP contribution in [0.25, 0.3) is 9.75 Å². The van der Waals surface area contributed by atoms with E-state index in [1.165, 1.54) is 49.0 Å². The maximum atomic E-state index is 9.99. The summed E-state index contributed by atoms with van der Waals surface area (Å²) in [7, 11) is -1.05. The van der Waals surface area contributed by atoms with E-state index in [1.54, 1.807) is 22.7 Å². The Hall–Kier alpha value is -0.910. The molecule has 7 nitrogen and oxygen atoms in total. The van der Waals surface area contributed by atoms with Crippen molar-refractivity contribution in [3.8, 4) is 15.5 Å². The van der Waals surface area contributed by atoms with Crippen molar-refractivity contribution in [1.29, 1.82) is 0 Å². The Labute approximate surface area is 298 Å².